The smallest absolute Gasteiger partial charge is 0.123 e. The van der Waals surface area contributed by atoms with Gasteiger partial charge in [0.25, 0.3) is 0 Å². The van der Waals surface area contributed by atoms with Crippen molar-refractivity contribution in [3.05, 3.63) is 82.9 Å². The summed E-state index contributed by atoms with van der Waals surface area (Å²) in [5.41, 5.74) is 1.46. The molecule has 2 unspecified atom stereocenters. The molecule has 3 rings (SSSR count). The Morgan fingerprint density at radius 1 is 1.15 bits per heavy atom. The van der Waals surface area contributed by atoms with Gasteiger partial charge in [-0.1, -0.05) is 54.1 Å². The first kappa shape index (κ1) is 10.6. The molecule has 0 saturated heterocycles. The zero-order valence-corrected chi connectivity index (χ0v) is 14.5. The maximum Gasteiger partial charge on any atom is 0.123 e. The van der Waals surface area contributed by atoms with Crippen molar-refractivity contribution in [2.24, 2.45) is 5.92 Å². The number of hydrogen-bond acceptors (Lipinski definition) is 2. The third-order valence-electron chi connectivity index (χ3n) is 4.98. The molecule has 2 aromatic rings. The van der Waals surface area contributed by atoms with Crippen LogP contribution in [0.3, 0.4) is 0 Å². The fourth-order valence-corrected chi connectivity index (χ4v) is 3.61. The molecule has 2 aromatic carbocycles. The molecule has 1 aliphatic carbocycles. The Labute approximate surface area is 167 Å². The topological polar surface area (TPSA) is 40.5 Å². The Kier molecular flexibility index (Phi) is 3.19. The first-order valence-corrected chi connectivity index (χ1v) is 8.76. The minimum Gasteiger partial charge on any atom is -0.507 e. The van der Waals surface area contributed by atoms with Crippen LogP contribution in [0.2, 0.25) is 0 Å². The lowest BCUT2D eigenvalue weighted by Gasteiger charge is -2.31. The van der Waals surface area contributed by atoms with Crippen LogP contribution in [0.25, 0.3) is 0 Å². The van der Waals surface area contributed by atoms with E-state index in [1.54, 1.807) is 0 Å². The second-order valence-electron chi connectivity index (χ2n) is 6.81. The van der Waals surface area contributed by atoms with Gasteiger partial charge in [-0.3, -0.25) is 0 Å². The molecular formula is C24H28O2. The van der Waals surface area contributed by atoms with Gasteiger partial charge in [0, 0.05) is 19.7 Å². The van der Waals surface area contributed by atoms with Gasteiger partial charge in [-0.15, -0.1) is 0 Å². The van der Waals surface area contributed by atoms with E-state index in [0.717, 1.165) is 5.56 Å². The number of aryl methyl sites for hydroxylation is 2. The van der Waals surface area contributed by atoms with E-state index in [2.05, 4.69) is 0 Å². The minimum absolute atomic E-state index is 0.0120. The fraction of sp³-hybridized carbons (Fsp3) is 0.333. The predicted molar refractivity (Wildman–Crippen MR) is 108 cm³/mol. The molecule has 2 heteroatoms. The molecule has 1 aliphatic rings. The van der Waals surface area contributed by atoms with Crippen LogP contribution in [0.15, 0.2) is 66.2 Å². The van der Waals surface area contributed by atoms with Crippen molar-refractivity contribution in [3.63, 3.8) is 0 Å². The Morgan fingerprint density at radius 3 is 2.54 bits per heavy atom. The zero-order chi connectivity index (χ0) is 25.3. The van der Waals surface area contributed by atoms with Gasteiger partial charge in [0.1, 0.15) is 11.5 Å². The lowest BCUT2D eigenvalue weighted by Crippen LogP contribution is -2.17. The third-order valence-corrected chi connectivity index (χ3v) is 4.98. The summed E-state index contributed by atoms with van der Waals surface area (Å²) in [7, 11) is 0. The quantitative estimate of drug-likeness (QED) is 0.655. The van der Waals surface area contributed by atoms with Crippen molar-refractivity contribution in [1.29, 1.82) is 0 Å². The summed E-state index contributed by atoms with van der Waals surface area (Å²) in [6.45, 7) is -6.02. The molecule has 0 fully saturated rings. The number of allylic oxidation sites excluding steroid dienone is 3. The Bertz CT molecular complexity index is 1060. The van der Waals surface area contributed by atoms with Crippen molar-refractivity contribution in [2.45, 2.75) is 45.3 Å². The molecule has 0 radical (unpaired) electrons. The highest BCUT2D eigenvalue weighted by Gasteiger charge is 2.30. The van der Waals surface area contributed by atoms with Gasteiger partial charge in [-0.05, 0) is 68.6 Å². The van der Waals surface area contributed by atoms with Crippen LogP contribution in [-0.2, 0) is 12.8 Å². The van der Waals surface area contributed by atoms with E-state index in [9.17, 15) is 10.2 Å². The average Bonchev–Trinajstić information content (AvgIpc) is 2.71. The van der Waals surface area contributed by atoms with Crippen LogP contribution in [-0.4, -0.2) is 10.2 Å². The number of hydrogen-bond donors (Lipinski definition) is 2. The van der Waals surface area contributed by atoms with E-state index in [1.165, 1.54) is 18.2 Å². The van der Waals surface area contributed by atoms with Crippen LogP contribution >= 0.6 is 0 Å². The van der Waals surface area contributed by atoms with Crippen molar-refractivity contribution in [3.8, 4) is 11.5 Å². The summed E-state index contributed by atoms with van der Waals surface area (Å²) in [5.74, 6) is -2.49. The highest BCUT2D eigenvalue weighted by molar-refractivity contribution is 5.52. The van der Waals surface area contributed by atoms with Crippen LogP contribution in [0.4, 0.5) is 0 Å². The van der Waals surface area contributed by atoms with Gasteiger partial charge in [0.05, 0.1) is 2.74 Å². The van der Waals surface area contributed by atoms with E-state index >= 15 is 0 Å². The summed E-state index contributed by atoms with van der Waals surface area (Å²) in [5, 5.41) is 21.7. The van der Waals surface area contributed by atoms with E-state index in [4.69, 9.17) is 11.0 Å². The first-order valence-electron chi connectivity index (χ1n) is 12.8. The lowest BCUT2D eigenvalue weighted by molar-refractivity contribution is 0.406. The highest BCUT2D eigenvalue weighted by atomic mass is 16.3. The maximum atomic E-state index is 10.9. The van der Waals surface area contributed by atoms with E-state index in [0.29, 0.717) is 18.4 Å². The molecule has 0 heterocycles. The van der Waals surface area contributed by atoms with Gasteiger partial charge in [-0.25, -0.2) is 0 Å². The maximum absolute atomic E-state index is 10.9. The molecule has 136 valence electrons. The molecule has 2 nitrogen and oxygen atoms in total. The SMILES string of the molecule is [2H]C([2H])=C(C1CCC(C([2H])([2H])[2H])=CC1c1c(O)cc(CCc2ccccc2)cc1O)C([2H])([2H])[2H]. The molecular weight excluding hydrogens is 320 g/mol. The van der Waals surface area contributed by atoms with Crippen LogP contribution in [0.1, 0.15) is 60.1 Å². The Morgan fingerprint density at radius 2 is 1.88 bits per heavy atom. The molecule has 0 bridgehead atoms. The average molecular weight is 357 g/mol. The first-order chi connectivity index (χ1) is 15.8. The lowest BCUT2D eigenvalue weighted by atomic mass is 9.73. The molecule has 26 heavy (non-hydrogen) atoms. The third kappa shape index (κ3) is 4.01. The summed E-state index contributed by atoms with van der Waals surface area (Å²) in [6, 6.07) is 12.7. The zero-order valence-electron chi connectivity index (χ0n) is 22.5. The number of benzene rings is 2. The fourth-order valence-electron chi connectivity index (χ4n) is 3.61. The van der Waals surface area contributed by atoms with Crippen LogP contribution < -0.4 is 0 Å². The molecule has 0 aromatic heterocycles. The number of phenols is 2. The predicted octanol–water partition coefficient (Wildman–Crippen LogP) is 5.90. The molecule has 2 atom stereocenters. The van der Waals surface area contributed by atoms with Gasteiger partial charge in [-0.2, -0.15) is 0 Å². The van der Waals surface area contributed by atoms with Crippen LogP contribution in [0.5, 0.6) is 11.5 Å². The molecule has 0 aliphatic heterocycles. The highest BCUT2D eigenvalue weighted by Crippen LogP contribution is 2.46. The Balaban J connectivity index is 2.05. The summed E-state index contributed by atoms with van der Waals surface area (Å²) in [6.07, 6.45) is 2.73. The molecule has 0 saturated carbocycles. The number of rotatable bonds is 5. The van der Waals surface area contributed by atoms with Gasteiger partial charge < -0.3 is 10.2 Å². The molecule has 0 amide bonds. The van der Waals surface area contributed by atoms with Crippen molar-refractivity contribution in [1.82, 2.24) is 0 Å². The second-order valence-corrected chi connectivity index (χ2v) is 6.81. The number of phenolic OH excluding ortho intramolecular Hbond substituents is 2. The summed E-state index contributed by atoms with van der Waals surface area (Å²) in [4.78, 5) is 0. The van der Waals surface area contributed by atoms with Crippen molar-refractivity contribution >= 4 is 0 Å². The molecule has 2 N–H and O–H groups in total. The molecule has 0 spiro atoms. The Hall–Kier alpha value is -2.48. The summed E-state index contributed by atoms with van der Waals surface area (Å²) < 4.78 is 62.4. The second kappa shape index (κ2) is 7.82. The van der Waals surface area contributed by atoms with Crippen molar-refractivity contribution in [2.75, 3.05) is 0 Å². The van der Waals surface area contributed by atoms with Gasteiger partial charge in [0.15, 0.2) is 0 Å². The van der Waals surface area contributed by atoms with E-state index in [-0.39, 0.29) is 35.5 Å². The van der Waals surface area contributed by atoms with Gasteiger partial charge >= 0.3 is 0 Å². The standard InChI is InChI=1S/C24H28O2/c1-16(2)20-12-9-17(3)13-21(20)24-22(25)14-19(15-23(24)26)11-10-18-7-5-4-6-8-18/h4-8,13-15,20-21,25-26H,1,9-12H2,2-3H3/i1D2,2D3,3D3. The minimum atomic E-state index is -2.74. The monoisotopic (exact) mass is 356 g/mol. The normalized spacial score (nSPS) is 25.2. The van der Waals surface area contributed by atoms with Gasteiger partial charge in [0.2, 0.25) is 0 Å². The van der Waals surface area contributed by atoms with Crippen molar-refractivity contribution < 1.29 is 21.2 Å². The van der Waals surface area contributed by atoms with E-state index in [1.807, 2.05) is 30.3 Å². The number of aromatic hydroxyl groups is 2. The van der Waals surface area contributed by atoms with Crippen LogP contribution in [0, 0.1) is 5.92 Å². The van der Waals surface area contributed by atoms with E-state index < -0.39 is 37.6 Å². The largest absolute Gasteiger partial charge is 0.507 e. The summed E-state index contributed by atoms with van der Waals surface area (Å²) >= 11 is 0.